The van der Waals surface area contributed by atoms with E-state index >= 15 is 0 Å². The molecule has 0 aliphatic carbocycles. The average molecular weight is 392 g/mol. The maximum atomic E-state index is 12.8. The number of ether oxygens (including phenoxy) is 2. The zero-order valence-electron chi connectivity index (χ0n) is 16.8. The Labute approximate surface area is 165 Å². The number of nitrogens with zero attached hydrogens (tertiary/aromatic N) is 2. The first-order valence-corrected chi connectivity index (χ1v) is 9.27. The Kier molecular flexibility index (Phi) is 7.25. The van der Waals surface area contributed by atoms with E-state index in [4.69, 9.17) is 14.6 Å². The minimum atomic E-state index is -0.922. The lowest BCUT2D eigenvalue weighted by atomic mass is 9.94. The monoisotopic (exact) mass is 392 g/mol. The van der Waals surface area contributed by atoms with E-state index in [9.17, 15) is 14.4 Å². The van der Waals surface area contributed by atoms with Gasteiger partial charge in [0.15, 0.2) is 0 Å². The van der Waals surface area contributed by atoms with Gasteiger partial charge in [0, 0.05) is 44.2 Å². The SMILES string of the molecule is COc1cc(OC)cc(C(=O)N2CCC(C(=O)N(C)CC(C)C(=O)O)CC2)c1. The van der Waals surface area contributed by atoms with Gasteiger partial charge in [0.25, 0.3) is 5.91 Å². The van der Waals surface area contributed by atoms with Crippen molar-refractivity contribution in [3.8, 4) is 11.5 Å². The fraction of sp³-hybridized carbons (Fsp3) is 0.550. The predicted molar refractivity (Wildman–Crippen MR) is 103 cm³/mol. The largest absolute Gasteiger partial charge is 0.497 e. The first-order valence-electron chi connectivity index (χ1n) is 9.27. The highest BCUT2D eigenvalue weighted by Gasteiger charge is 2.30. The molecular weight excluding hydrogens is 364 g/mol. The first-order chi connectivity index (χ1) is 13.3. The van der Waals surface area contributed by atoms with Gasteiger partial charge in [-0.15, -0.1) is 0 Å². The van der Waals surface area contributed by atoms with Crippen LogP contribution in [0.5, 0.6) is 11.5 Å². The molecule has 1 aromatic rings. The van der Waals surface area contributed by atoms with Gasteiger partial charge in [-0.05, 0) is 25.0 Å². The van der Waals surface area contributed by atoms with Crippen LogP contribution in [-0.4, -0.2) is 73.6 Å². The summed E-state index contributed by atoms with van der Waals surface area (Å²) in [5, 5.41) is 9.00. The number of rotatable bonds is 7. The van der Waals surface area contributed by atoms with E-state index in [1.54, 1.807) is 37.1 Å². The molecule has 1 aliphatic rings. The Bertz CT molecular complexity index is 705. The Hall–Kier alpha value is -2.77. The van der Waals surface area contributed by atoms with Crippen molar-refractivity contribution < 1.29 is 29.0 Å². The number of piperidine rings is 1. The summed E-state index contributed by atoms with van der Waals surface area (Å²) in [5.74, 6) is -0.842. The van der Waals surface area contributed by atoms with Gasteiger partial charge in [-0.25, -0.2) is 0 Å². The van der Waals surface area contributed by atoms with Gasteiger partial charge in [-0.2, -0.15) is 0 Å². The van der Waals surface area contributed by atoms with Crippen LogP contribution in [0.4, 0.5) is 0 Å². The highest BCUT2D eigenvalue weighted by atomic mass is 16.5. The summed E-state index contributed by atoms with van der Waals surface area (Å²) >= 11 is 0. The summed E-state index contributed by atoms with van der Waals surface area (Å²) < 4.78 is 10.4. The number of likely N-dealkylation sites (tertiary alicyclic amines) is 1. The molecule has 2 rings (SSSR count). The molecule has 0 aromatic heterocycles. The average Bonchev–Trinajstić information content (AvgIpc) is 2.72. The van der Waals surface area contributed by atoms with Gasteiger partial charge in [0.05, 0.1) is 20.1 Å². The van der Waals surface area contributed by atoms with Crippen LogP contribution in [0, 0.1) is 11.8 Å². The molecule has 0 bridgehead atoms. The molecule has 28 heavy (non-hydrogen) atoms. The van der Waals surface area contributed by atoms with Crippen LogP contribution in [0.25, 0.3) is 0 Å². The van der Waals surface area contributed by atoms with Crippen molar-refractivity contribution in [2.45, 2.75) is 19.8 Å². The number of methoxy groups -OCH3 is 2. The van der Waals surface area contributed by atoms with E-state index in [1.165, 1.54) is 19.1 Å². The van der Waals surface area contributed by atoms with Crippen molar-refractivity contribution in [2.24, 2.45) is 11.8 Å². The highest BCUT2D eigenvalue weighted by Crippen LogP contribution is 2.26. The number of benzene rings is 1. The van der Waals surface area contributed by atoms with Crippen LogP contribution >= 0.6 is 0 Å². The lowest BCUT2D eigenvalue weighted by Gasteiger charge is -2.33. The fourth-order valence-corrected chi connectivity index (χ4v) is 3.33. The Morgan fingerprint density at radius 3 is 2.14 bits per heavy atom. The third-order valence-corrected chi connectivity index (χ3v) is 5.08. The summed E-state index contributed by atoms with van der Waals surface area (Å²) in [6.45, 7) is 2.70. The van der Waals surface area contributed by atoms with E-state index in [-0.39, 0.29) is 24.3 Å². The molecule has 0 radical (unpaired) electrons. The normalized spacial score (nSPS) is 15.6. The molecular formula is C20H28N2O6. The van der Waals surface area contributed by atoms with Crippen LogP contribution < -0.4 is 9.47 Å². The zero-order valence-corrected chi connectivity index (χ0v) is 16.8. The van der Waals surface area contributed by atoms with Crippen LogP contribution in [0.1, 0.15) is 30.1 Å². The first kappa shape index (κ1) is 21.5. The summed E-state index contributed by atoms with van der Waals surface area (Å²) in [4.78, 5) is 39.6. The Morgan fingerprint density at radius 1 is 1.14 bits per heavy atom. The van der Waals surface area contributed by atoms with Gasteiger partial charge in [-0.1, -0.05) is 6.92 Å². The lowest BCUT2D eigenvalue weighted by molar-refractivity contribution is -0.143. The molecule has 154 valence electrons. The topological polar surface area (TPSA) is 96.4 Å². The maximum Gasteiger partial charge on any atom is 0.308 e. The summed E-state index contributed by atoms with van der Waals surface area (Å²) in [7, 11) is 4.69. The number of amides is 2. The van der Waals surface area contributed by atoms with Crippen molar-refractivity contribution >= 4 is 17.8 Å². The number of carbonyl (C=O) groups excluding carboxylic acids is 2. The van der Waals surface area contributed by atoms with Crippen molar-refractivity contribution in [1.29, 1.82) is 0 Å². The molecule has 0 spiro atoms. The van der Waals surface area contributed by atoms with Gasteiger partial charge in [0.2, 0.25) is 5.91 Å². The van der Waals surface area contributed by atoms with Crippen LogP contribution in [-0.2, 0) is 9.59 Å². The van der Waals surface area contributed by atoms with Crippen LogP contribution in [0.15, 0.2) is 18.2 Å². The molecule has 1 unspecified atom stereocenters. The van der Waals surface area contributed by atoms with E-state index < -0.39 is 11.9 Å². The third-order valence-electron chi connectivity index (χ3n) is 5.08. The molecule has 2 amide bonds. The predicted octanol–water partition coefficient (Wildman–Crippen LogP) is 1.74. The molecule has 1 N–H and O–H groups in total. The fourth-order valence-electron chi connectivity index (χ4n) is 3.33. The number of hydrogen-bond donors (Lipinski definition) is 1. The number of carboxylic acid groups (broad SMARTS) is 1. The second-order valence-electron chi connectivity index (χ2n) is 7.13. The molecule has 1 saturated heterocycles. The minimum Gasteiger partial charge on any atom is -0.497 e. The number of carbonyl (C=O) groups is 3. The summed E-state index contributed by atoms with van der Waals surface area (Å²) in [6, 6.07) is 5.04. The van der Waals surface area contributed by atoms with Crippen molar-refractivity contribution in [3.05, 3.63) is 23.8 Å². The molecule has 8 heteroatoms. The van der Waals surface area contributed by atoms with Crippen molar-refractivity contribution in [2.75, 3.05) is 40.9 Å². The molecule has 8 nitrogen and oxygen atoms in total. The van der Waals surface area contributed by atoms with Gasteiger partial charge >= 0.3 is 5.97 Å². The van der Waals surface area contributed by atoms with Crippen LogP contribution in [0.2, 0.25) is 0 Å². The smallest absolute Gasteiger partial charge is 0.308 e. The zero-order chi connectivity index (χ0) is 20.8. The summed E-state index contributed by atoms with van der Waals surface area (Å²) in [6.07, 6.45) is 1.11. The number of carboxylic acids is 1. The van der Waals surface area contributed by atoms with Gasteiger partial charge in [-0.3, -0.25) is 14.4 Å². The lowest BCUT2D eigenvalue weighted by Crippen LogP contribution is -2.44. The minimum absolute atomic E-state index is 0.0664. The van der Waals surface area contributed by atoms with Crippen LogP contribution in [0.3, 0.4) is 0 Å². The third kappa shape index (κ3) is 5.15. The van der Waals surface area contributed by atoms with E-state index in [1.807, 2.05) is 0 Å². The quantitative estimate of drug-likeness (QED) is 0.759. The van der Waals surface area contributed by atoms with Gasteiger partial charge < -0.3 is 24.4 Å². The van der Waals surface area contributed by atoms with Gasteiger partial charge in [0.1, 0.15) is 11.5 Å². The highest BCUT2D eigenvalue weighted by molar-refractivity contribution is 5.95. The van der Waals surface area contributed by atoms with E-state index in [0.29, 0.717) is 43.0 Å². The van der Waals surface area contributed by atoms with Crippen molar-refractivity contribution in [1.82, 2.24) is 9.80 Å². The second-order valence-corrected chi connectivity index (χ2v) is 7.13. The van der Waals surface area contributed by atoms with E-state index in [2.05, 4.69) is 0 Å². The standard InChI is InChI=1S/C20H28N2O6/c1-13(20(25)26)12-21(2)18(23)14-5-7-22(8-6-14)19(24)15-9-16(27-3)11-17(10-15)28-4/h9-11,13-14H,5-8,12H2,1-4H3,(H,25,26). The maximum absolute atomic E-state index is 12.8. The Balaban J connectivity index is 1.97. The molecule has 0 saturated carbocycles. The molecule has 1 aromatic carbocycles. The number of aliphatic carboxylic acids is 1. The molecule has 1 aliphatic heterocycles. The van der Waals surface area contributed by atoms with E-state index in [0.717, 1.165) is 0 Å². The Morgan fingerprint density at radius 2 is 1.68 bits per heavy atom. The molecule has 1 fully saturated rings. The van der Waals surface area contributed by atoms with Crippen molar-refractivity contribution in [3.63, 3.8) is 0 Å². The number of hydrogen-bond acceptors (Lipinski definition) is 5. The molecule has 1 atom stereocenters. The second kappa shape index (κ2) is 9.43. The molecule has 1 heterocycles. The summed E-state index contributed by atoms with van der Waals surface area (Å²) in [5.41, 5.74) is 0.480.